The Morgan fingerprint density at radius 2 is 1.64 bits per heavy atom. The number of hydrogen-bond acceptors (Lipinski definition) is 3. The lowest BCUT2D eigenvalue weighted by Gasteiger charge is -2.05. The molecular formula is C16H11F2NO2S. The molecule has 0 spiro atoms. The van der Waals surface area contributed by atoms with Crippen molar-refractivity contribution in [2.24, 2.45) is 0 Å². The summed E-state index contributed by atoms with van der Waals surface area (Å²) < 4.78 is 51.9. The molecule has 0 aliphatic rings. The summed E-state index contributed by atoms with van der Waals surface area (Å²) >= 11 is 0. The van der Waals surface area contributed by atoms with Gasteiger partial charge in [0.1, 0.15) is 22.6 Å². The molecule has 3 nitrogen and oxygen atoms in total. The summed E-state index contributed by atoms with van der Waals surface area (Å²) in [6, 6.07) is 10.5. The monoisotopic (exact) mass is 319 g/mol. The molecular weight excluding hydrogens is 308 g/mol. The third kappa shape index (κ3) is 3.05. The molecule has 0 saturated heterocycles. The van der Waals surface area contributed by atoms with Crippen LogP contribution >= 0.6 is 0 Å². The van der Waals surface area contributed by atoms with E-state index in [1.807, 2.05) is 0 Å². The van der Waals surface area contributed by atoms with Crippen LogP contribution < -0.4 is 0 Å². The molecule has 0 saturated carbocycles. The minimum atomic E-state index is -4.13. The first-order valence-electron chi connectivity index (χ1n) is 6.24. The van der Waals surface area contributed by atoms with Gasteiger partial charge in [0.2, 0.25) is 9.84 Å². The molecule has 0 unspecified atom stereocenters. The van der Waals surface area contributed by atoms with Crippen molar-refractivity contribution >= 4 is 15.9 Å². The number of hydrogen-bond donors (Lipinski definition) is 0. The lowest BCUT2D eigenvalue weighted by Crippen LogP contribution is -2.04. The summed E-state index contributed by atoms with van der Waals surface area (Å²) in [4.78, 5) is -0.831. The molecule has 0 atom stereocenters. The minimum Gasteiger partial charge on any atom is -0.218 e. The Balaban J connectivity index is 2.59. The maximum absolute atomic E-state index is 13.6. The van der Waals surface area contributed by atoms with Crippen LogP contribution in [0.15, 0.2) is 52.3 Å². The smallest absolute Gasteiger partial charge is 0.216 e. The number of aryl methyl sites for hydroxylation is 1. The fraction of sp³-hybridized carbons (Fsp3) is 0.0625. The molecule has 0 aliphatic carbocycles. The minimum absolute atomic E-state index is 0.109. The average molecular weight is 319 g/mol. The van der Waals surface area contributed by atoms with E-state index in [1.54, 1.807) is 19.1 Å². The second kappa shape index (κ2) is 6.08. The van der Waals surface area contributed by atoms with Crippen LogP contribution in [-0.4, -0.2) is 8.42 Å². The summed E-state index contributed by atoms with van der Waals surface area (Å²) in [5.41, 5.74) is 0.288. The highest BCUT2D eigenvalue weighted by Crippen LogP contribution is 2.23. The number of rotatable bonds is 3. The van der Waals surface area contributed by atoms with E-state index >= 15 is 0 Å². The van der Waals surface area contributed by atoms with Gasteiger partial charge in [0.25, 0.3) is 0 Å². The number of halogens is 2. The molecule has 0 fully saturated rings. The molecule has 0 radical (unpaired) electrons. The highest BCUT2D eigenvalue weighted by Gasteiger charge is 2.22. The van der Waals surface area contributed by atoms with Gasteiger partial charge < -0.3 is 0 Å². The van der Waals surface area contributed by atoms with Crippen LogP contribution in [0.25, 0.3) is 6.08 Å². The van der Waals surface area contributed by atoms with Crippen molar-refractivity contribution in [3.05, 3.63) is 70.1 Å². The topological polar surface area (TPSA) is 57.9 Å². The van der Waals surface area contributed by atoms with Crippen molar-refractivity contribution < 1.29 is 17.2 Å². The molecule has 0 bridgehead atoms. The van der Waals surface area contributed by atoms with Crippen LogP contribution in [0.1, 0.15) is 11.1 Å². The summed E-state index contributed by atoms with van der Waals surface area (Å²) in [5.74, 6) is -1.88. The molecule has 0 amide bonds. The van der Waals surface area contributed by atoms with Crippen molar-refractivity contribution in [1.29, 1.82) is 5.26 Å². The molecule has 0 heterocycles. The van der Waals surface area contributed by atoms with Gasteiger partial charge in [-0.1, -0.05) is 23.8 Å². The van der Waals surface area contributed by atoms with Crippen LogP contribution in [0, 0.1) is 29.9 Å². The van der Waals surface area contributed by atoms with Gasteiger partial charge in [-0.2, -0.15) is 5.26 Å². The molecule has 0 aliphatic heterocycles. The van der Waals surface area contributed by atoms with E-state index in [9.17, 15) is 17.2 Å². The zero-order chi connectivity index (χ0) is 16.3. The molecule has 112 valence electrons. The van der Waals surface area contributed by atoms with E-state index in [2.05, 4.69) is 0 Å². The first kappa shape index (κ1) is 15.9. The van der Waals surface area contributed by atoms with Crippen LogP contribution in [0.4, 0.5) is 8.78 Å². The third-order valence-electron chi connectivity index (χ3n) is 3.01. The highest BCUT2D eigenvalue weighted by atomic mass is 32.2. The summed E-state index contributed by atoms with van der Waals surface area (Å²) in [6.45, 7) is 1.78. The number of nitriles is 1. The van der Waals surface area contributed by atoms with Crippen LogP contribution in [0.3, 0.4) is 0 Å². The Morgan fingerprint density at radius 3 is 2.14 bits per heavy atom. The quantitative estimate of drug-likeness (QED) is 0.812. The van der Waals surface area contributed by atoms with Crippen LogP contribution in [0.5, 0.6) is 0 Å². The van der Waals surface area contributed by atoms with Crippen molar-refractivity contribution in [2.75, 3.05) is 0 Å². The van der Waals surface area contributed by atoms with Crippen molar-refractivity contribution in [3.8, 4) is 6.07 Å². The van der Waals surface area contributed by atoms with E-state index < -0.39 is 31.9 Å². The van der Waals surface area contributed by atoms with E-state index in [0.29, 0.717) is 6.08 Å². The molecule has 2 rings (SSSR count). The largest absolute Gasteiger partial charge is 0.218 e. The third-order valence-corrected chi connectivity index (χ3v) is 4.69. The fourth-order valence-electron chi connectivity index (χ4n) is 1.79. The average Bonchev–Trinajstić information content (AvgIpc) is 2.47. The molecule has 22 heavy (non-hydrogen) atoms. The van der Waals surface area contributed by atoms with E-state index in [1.165, 1.54) is 18.2 Å². The SMILES string of the molecule is Cc1ccc(S(=O)(=O)/C(C#N)=C/c2c(F)cccc2F)cc1. The Kier molecular flexibility index (Phi) is 4.38. The summed E-state index contributed by atoms with van der Waals surface area (Å²) in [6.07, 6.45) is 0.708. The number of allylic oxidation sites excluding steroid dienone is 1. The Labute approximate surface area is 127 Å². The Hall–Kier alpha value is -2.52. The highest BCUT2D eigenvalue weighted by molar-refractivity contribution is 7.95. The van der Waals surface area contributed by atoms with E-state index in [0.717, 1.165) is 23.8 Å². The predicted octanol–water partition coefficient (Wildman–Crippen LogP) is 3.61. The van der Waals surface area contributed by atoms with Gasteiger partial charge in [-0.25, -0.2) is 17.2 Å². The molecule has 2 aromatic carbocycles. The maximum atomic E-state index is 13.6. The van der Waals surface area contributed by atoms with Gasteiger partial charge in [-0.05, 0) is 37.3 Å². The lowest BCUT2D eigenvalue weighted by atomic mass is 10.2. The van der Waals surface area contributed by atoms with Gasteiger partial charge in [0.15, 0.2) is 0 Å². The van der Waals surface area contributed by atoms with Crippen molar-refractivity contribution in [3.63, 3.8) is 0 Å². The summed E-state index contributed by atoms with van der Waals surface area (Å²) in [7, 11) is -4.13. The van der Waals surface area contributed by atoms with E-state index in [4.69, 9.17) is 5.26 Å². The van der Waals surface area contributed by atoms with Crippen LogP contribution in [0.2, 0.25) is 0 Å². The zero-order valence-corrected chi connectivity index (χ0v) is 12.4. The lowest BCUT2D eigenvalue weighted by molar-refractivity contribution is 0.578. The van der Waals surface area contributed by atoms with Gasteiger partial charge in [-0.15, -0.1) is 0 Å². The van der Waals surface area contributed by atoms with Crippen LogP contribution in [-0.2, 0) is 9.84 Å². The van der Waals surface area contributed by atoms with Crippen molar-refractivity contribution in [1.82, 2.24) is 0 Å². The van der Waals surface area contributed by atoms with Gasteiger partial charge in [-0.3, -0.25) is 0 Å². The first-order chi connectivity index (χ1) is 10.4. The standard InChI is InChI=1S/C16H11F2NO2S/c1-11-5-7-12(8-6-11)22(20,21)13(10-19)9-14-15(17)3-2-4-16(14)18/h2-9H,1H3/b13-9+. The number of benzene rings is 2. The Bertz CT molecular complexity index is 859. The number of nitrogens with zero attached hydrogens (tertiary/aromatic N) is 1. The molecule has 6 heteroatoms. The normalized spacial score (nSPS) is 12.0. The predicted molar refractivity (Wildman–Crippen MR) is 78.3 cm³/mol. The Morgan fingerprint density at radius 1 is 1.09 bits per heavy atom. The second-order valence-electron chi connectivity index (χ2n) is 4.57. The fourth-order valence-corrected chi connectivity index (χ4v) is 2.94. The van der Waals surface area contributed by atoms with Gasteiger partial charge >= 0.3 is 0 Å². The number of sulfone groups is 1. The molecule has 0 N–H and O–H groups in total. The second-order valence-corrected chi connectivity index (χ2v) is 6.49. The van der Waals surface area contributed by atoms with E-state index in [-0.39, 0.29) is 4.90 Å². The first-order valence-corrected chi connectivity index (χ1v) is 7.72. The van der Waals surface area contributed by atoms with Gasteiger partial charge in [0, 0.05) is 5.56 Å². The molecule has 0 aromatic heterocycles. The van der Waals surface area contributed by atoms with Crippen molar-refractivity contribution in [2.45, 2.75) is 11.8 Å². The van der Waals surface area contributed by atoms with Gasteiger partial charge in [0.05, 0.1) is 4.90 Å². The summed E-state index contributed by atoms with van der Waals surface area (Å²) in [5, 5.41) is 9.08. The maximum Gasteiger partial charge on any atom is 0.216 e. The zero-order valence-electron chi connectivity index (χ0n) is 11.5. The molecule has 2 aromatic rings.